The van der Waals surface area contributed by atoms with Gasteiger partial charge in [0.1, 0.15) is 12.4 Å². The summed E-state index contributed by atoms with van der Waals surface area (Å²) in [5, 5.41) is 0. The first-order chi connectivity index (χ1) is 13.1. The first kappa shape index (κ1) is 17.9. The Balaban J connectivity index is 1.52. The standard InChI is InChI=1S/C22H22O5/c1-14(27-19-11-4-5-12-25-19)13-26-18-10-6-9-17-20(18)22(24)16-8-3-2-7-15(16)21(17)23/h2-3,6-10,14,19H,4-5,11-13H2,1H3/t14-,19?/m0/s1. The molecule has 1 heterocycles. The Morgan fingerprint density at radius 3 is 2.48 bits per heavy atom. The lowest BCUT2D eigenvalue weighted by Gasteiger charge is -2.26. The summed E-state index contributed by atoms with van der Waals surface area (Å²) in [6.07, 6.45) is 2.66. The number of carbonyl (C=O) groups is 2. The van der Waals surface area contributed by atoms with Crippen LogP contribution in [-0.2, 0) is 9.47 Å². The summed E-state index contributed by atoms with van der Waals surface area (Å²) >= 11 is 0. The van der Waals surface area contributed by atoms with E-state index in [1.165, 1.54) is 0 Å². The van der Waals surface area contributed by atoms with E-state index in [0.29, 0.717) is 28.0 Å². The minimum atomic E-state index is -0.197. The normalized spacial score (nSPS) is 20.0. The van der Waals surface area contributed by atoms with Crippen molar-refractivity contribution in [3.8, 4) is 5.75 Å². The Morgan fingerprint density at radius 1 is 1.00 bits per heavy atom. The number of ketones is 2. The van der Waals surface area contributed by atoms with Gasteiger partial charge in [0, 0.05) is 23.3 Å². The first-order valence-corrected chi connectivity index (χ1v) is 9.36. The molecule has 1 aliphatic carbocycles. The van der Waals surface area contributed by atoms with E-state index in [2.05, 4.69) is 0 Å². The van der Waals surface area contributed by atoms with E-state index in [4.69, 9.17) is 14.2 Å². The minimum absolute atomic E-state index is 0.148. The molecule has 0 amide bonds. The molecule has 5 nitrogen and oxygen atoms in total. The molecule has 1 aliphatic heterocycles. The van der Waals surface area contributed by atoms with Gasteiger partial charge in [-0.1, -0.05) is 36.4 Å². The third-order valence-electron chi connectivity index (χ3n) is 4.91. The molecule has 1 saturated heterocycles. The lowest BCUT2D eigenvalue weighted by molar-refractivity contribution is -0.189. The Hall–Kier alpha value is -2.50. The Morgan fingerprint density at radius 2 is 1.74 bits per heavy atom. The average Bonchev–Trinajstić information content (AvgIpc) is 2.71. The molecule has 2 aliphatic rings. The second kappa shape index (κ2) is 7.62. The molecular weight excluding hydrogens is 344 g/mol. The Bertz CT molecular complexity index is 867. The summed E-state index contributed by atoms with van der Waals surface area (Å²) in [5.41, 5.74) is 1.59. The molecule has 0 aromatic heterocycles. The SMILES string of the molecule is C[C@@H](COc1cccc2c1C(=O)c1ccccc1C2=O)OC1CCCCO1. The second-order valence-electron chi connectivity index (χ2n) is 6.94. The fourth-order valence-electron chi connectivity index (χ4n) is 3.56. The number of hydrogen-bond donors (Lipinski definition) is 0. The molecule has 140 valence electrons. The Kier molecular flexibility index (Phi) is 5.05. The largest absolute Gasteiger partial charge is 0.490 e. The molecule has 1 fully saturated rings. The number of rotatable bonds is 5. The van der Waals surface area contributed by atoms with E-state index >= 15 is 0 Å². The maximum absolute atomic E-state index is 13.0. The highest BCUT2D eigenvalue weighted by Gasteiger charge is 2.32. The van der Waals surface area contributed by atoms with Gasteiger partial charge in [-0.3, -0.25) is 9.59 Å². The van der Waals surface area contributed by atoms with Gasteiger partial charge in [0.25, 0.3) is 0 Å². The predicted octanol–water partition coefficient (Wildman–Crippen LogP) is 3.77. The van der Waals surface area contributed by atoms with Crippen LogP contribution in [-0.4, -0.2) is 37.2 Å². The van der Waals surface area contributed by atoms with Crippen LogP contribution in [0.2, 0.25) is 0 Å². The number of benzene rings is 2. The van der Waals surface area contributed by atoms with Crippen LogP contribution < -0.4 is 4.74 Å². The molecular formula is C22H22O5. The second-order valence-corrected chi connectivity index (χ2v) is 6.94. The van der Waals surface area contributed by atoms with Crippen LogP contribution in [0.15, 0.2) is 42.5 Å². The highest BCUT2D eigenvalue weighted by molar-refractivity contribution is 6.29. The average molecular weight is 366 g/mol. The van der Waals surface area contributed by atoms with Gasteiger partial charge in [-0.2, -0.15) is 0 Å². The van der Waals surface area contributed by atoms with Crippen molar-refractivity contribution in [3.63, 3.8) is 0 Å². The number of fused-ring (bicyclic) bond motifs is 2. The molecule has 27 heavy (non-hydrogen) atoms. The van der Waals surface area contributed by atoms with Crippen molar-refractivity contribution in [2.75, 3.05) is 13.2 Å². The summed E-state index contributed by atoms with van der Waals surface area (Å²) in [6, 6.07) is 12.0. The van der Waals surface area contributed by atoms with Gasteiger partial charge < -0.3 is 14.2 Å². The smallest absolute Gasteiger partial charge is 0.198 e. The summed E-state index contributed by atoms with van der Waals surface area (Å²) in [4.78, 5) is 25.7. The van der Waals surface area contributed by atoms with Crippen LogP contribution in [0.5, 0.6) is 5.75 Å². The van der Waals surface area contributed by atoms with Gasteiger partial charge >= 0.3 is 0 Å². The predicted molar refractivity (Wildman–Crippen MR) is 99.4 cm³/mol. The molecule has 4 rings (SSSR count). The lowest BCUT2D eigenvalue weighted by atomic mass is 9.83. The fraction of sp³-hybridized carbons (Fsp3) is 0.364. The highest BCUT2D eigenvalue weighted by atomic mass is 16.7. The lowest BCUT2D eigenvalue weighted by Crippen LogP contribution is -2.30. The Labute approximate surface area is 158 Å². The fourth-order valence-corrected chi connectivity index (χ4v) is 3.56. The van der Waals surface area contributed by atoms with Crippen molar-refractivity contribution in [1.82, 2.24) is 0 Å². The van der Waals surface area contributed by atoms with Gasteiger partial charge in [0.05, 0.1) is 11.7 Å². The summed E-state index contributed by atoms with van der Waals surface area (Å²) < 4.78 is 17.3. The molecule has 0 bridgehead atoms. The third-order valence-corrected chi connectivity index (χ3v) is 4.91. The van der Waals surface area contributed by atoms with Crippen molar-refractivity contribution in [1.29, 1.82) is 0 Å². The molecule has 2 aromatic rings. The van der Waals surface area contributed by atoms with Gasteiger partial charge in [-0.15, -0.1) is 0 Å². The summed E-state index contributed by atoms with van der Waals surface area (Å²) in [7, 11) is 0. The maximum atomic E-state index is 13.0. The zero-order chi connectivity index (χ0) is 18.8. The molecule has 0 spiro atoms. The van der Waals surface area contributed by atoms with Crippen molar-refractivity contribution in [3.05, 3.63) is 64.7 Å². The first-order valence-electron chi connectivity index (χ1n) is 9.36. The quantitative estimate of drug-likeness (QED) is 0.688. The molecule has 0 radical (unpaired) electrons. The van der Waals surface area contributed by atoms with Gasteiger partial charge in [0.2, 0.25) is 0 Å². The van der Waals surface area contributed by atoms with E-state index in [1.807, 2.05) is 6.92 Å². The van der Waals surface area contributed by atoms with Crippen LogP contribution in [0.4, 0.5) is 0 Å². The summed E-state index contributed by atoms with van der Waals surface area (Å²) in [5.74, 6) is 0.0888. The van der Waals surface area contributed by atoms with E-state index in [0.717, 1.165) is 25.9 Å². The molecule has 5 heteroatoms. The minimum Gasteiger partial charge on any atom is -0.490 e. The van der Waals surface area contributed by atoms with Crippen molar-refractivity contribution >= 4 is 11.6 Å². The van der Waals surface area contributed by atoms with E-state index < -0.39 is 0 Å². The highest BCUT2D eigenvalue weighted by Crippen LogP contribution is 2.33. The van der Waals surface area contributed by atoms with Crippen molar-refractivity contribution in [2.24, 2.45) is 0 Å². The topological polar surface area (TPSA) is 61.8 Å². The number of carbonyl (C=O) groups excluding carboxylic acids is 2. The number of hydrogen-bond acceptors (Lipinski definition) is 5. The zero-order valence-corrected chi connectivity index (χ0v) is 15.3. The molecule has 2 aromatic carbocycles. The van der Waals surface area contributed by atoms with Crippen LogP contribution in [0.3, 0.4) is 0 Å². The summed E-state index contributed by atoms with van der Waals surface area (Å²) in [6.45, 7) is 2.91. The monoisotopic (exact) mass is 366 g/mol. The van der Waals surface area contributed by atoms with Crippen LogP contribution in [0.1, 0.15) is 58.0 Å². The van der Waals surface area contributed by atoms with Gasteiger partial charge in [0.15, 0.2) is 17.9 Å². The molecule has 0 saturated carbocycles. The van der Waals surface area contributed by atoms with Crippen molar-refractivity contribution in [2.45, 2.75) is 38.6 Å². The molecule has 1 unspecified atom stereocenters. The van der Waals surface area contributed by atoms with Gasteiger partial charge in [-0.25, -0.2) is 0 Å². The molecule has 2 atom stereocenters. The van der Waals surface area contributed by atoms with Crippen molar-refractivity contribution < 1.29 is 23.8 Å². The molecule has 0 N–H and O–H groups in total. The van der Waals surface area contributed by atoms with E-state index in [-0.39, 0.29) is 30.6 Å². The van der Waals surface area contributed by atoms with Gasteiger partial charge in [-0.05, 0) is 32.3 Å². The van der Waals surface area contributed by atoms with Crippen LogP contribution in [0, 0.1) is 0 Å². The van der Waals surface area contributed by atoms with Crippen LogP contribution in [0.25, 0.3) is 0 Å². The van der Waals surface area contributed by atoms with Crippen LogP contribution >= 0.6 is 0 Å². The number of ether oxygens (including phenoxy) is 3. The zero-order valence-electron chi connectivity index (χ0n) is 15.3. The third kappa shape index (κ3) is 3.53. The maximum Gasteiger partial charge on any atom is 0.198 e. The van der Waals surface area contributed by atoms with E-state index in [9.17, 15) is 9.59 Å². The van der Waals surface area contributed by atoms with E-state index in [1.54, 1.807) is 42.5 Å².